The Labute approximate surface area is 92.7 Å². The topological polar surface area (TPSA) is 12.9 Å². The minimum Gasteiger partial charge on any atom is -0.253 e. The quantitative estimate of drug-likeness (QED) is 0.657. The zero-order valence-corrected chi connectivity index (χ0v) is 9.45. The molecule has 72 valence electrons. The SMILES string of the molecule is Cc1cc(Cl)c2c(Cl)ccc(C)c2n1. The van der Waals surface area contributed by atoms with Gasteiger partial charge < -0.3 is 0 Å². The van der Waals surface area contributed by atoms with Crippen molar-refractivity contribution in [3.05, 3.63) is 39.5 Å². The van der Waals surface area contributed by atoms with Crippen LogP contribution in [0.5, 0.6) is 0 Å². The van der Waals surface area contributed by atoms with E-state index in [9.17, 15) is 0 Å². The van der Waals surface area contributed by atoms with Crippen LogP contribution < -0.4 is 0 Å². The molecule has 1 aromatic carbocycles. The van der Waals surface area contributed by atoms with Crippen molar-refractivity contribution in [2.24, 2.45) is 0 Å². The summed E-state index contributed by atoms with van der Waals surface area (Å²) in [6.45, 7) is 3.92. The Hall–Kier alpha value is -0.790. The third-order valence-corrected chi connectivity index (χ3v) is 2.80. The molecule has 1 aromatic heterocycles. The van der Waals surface area contributed by atoms with Crippen molar-refractivity contribution in [1.82, 2.24) is 4.98 Å². The first-order valence-electron chi connectivity index (χ1n) is 4.31. The molecule has 0 unspecified atom stereocenters. The summed E-state index contributed by atoms with van der Waals surface area (Å²) in [4.78, 5) is 4.43. The van der Waals surface area contributed by atoms with E-state index in [1.807, 2.05) is 32.0 Å². The predicted octanol–water partition coefficient (Wildman–Crippen LogP) is 4.16. The van der Waals surface area contributed by atoms with Crippen molar-refractivity contribution in [1.29, 1.82) is 0 Å². The van der Waals surface area contributed by atoms with Crippen molar-refractivity contribution in [2.45, 2.75) is 13.8 Å². The van der Waals surface area contributed by atoms with Crippen molar-refractivity contribution in [3.8, 4) is 0 Å². The lowest BCUT2D eigenvalue weighted by atomic mass is 10.1. The summed E-state index contributed by atoms with van der Waals surface area (Å²) in [5.41, 5.74) is 2.89. The summed E-state index contributed by atoms with van der Waals surface area (Å²) in [7, 11) is 0. The van der Waals surface area contributed by atoms with Gasteiger partial charge in [0.05, 0.1) is 15.6 Å². The van der Waals surface area contributed by atoms with Crippen LogP contribution in [0, 0.1) is 13.8 Å². The highest BCUT2D eigenvalue weighted by Crippen LogP contribution is 2.31. The van der Waals surface area contributed by atoms with Crippen molar-refractivity contribution in [3.63, 3.8) is 0 Å². The molecule has 14 heavy (non-hydrogen) atoms. The van der Waals surface area contributed by atoms with E-state index in [4.69, 9.17) is 23.2 Å². The summed E-state index contributed by atoms with van der Waals surface area (Å²) < 4.78 is 0. The molecule has 0 fully saturated rings. The van der Waals surface area contributed by atoms with Crippen LogP contribution in [0.3, 0.4) is 0 Å². The van der Waals surface area contributed by atoms with Gasteiger partial charge in [-0.2, -0.15) is 0 Å². The molecule has 2 rings (SSSR count). The first kappa shape index (κ1) is 9.75. The maximum atomic E-state index is 6.12. The van der Waals surface area contributed by atoms with Crippen molar-refractivity contribution in [2.75, 3.05) is 0 Å². The largest absolute Gasteiger partial charge is 0.253 e. The zero-order chi connectivity index (χ0) is 10.3. The summed E-state index contributed by atoms with van der Waals surface area (Å²) in [5, 5.41) is 2.17. The van der Waals surface area contributed by atoms with Crippen LogP contribution in [-0.2, 0) is 0 Å². The summed E-state index contributed by atoms with van der Waals surface area (Å²) in [5.74, 6) is 0. The number of aromatic nitrogens is 1. The van der Waals surface area contributed by atoms with E-state index in [0.29, 0.717) is 10.0 Å². The number of hydrogen-bond donors (Lipinski definition) is 0. The van der Waals surface area contributed by atoms with Crippen molar-refractivity contribution < 1.29 is 0 Å². The van der Waals surface area contributed by atoms with E-state index in [1.54, 1.807) is 0 Å². The number of benzene rings is 1. The van der Waals surface area contributed by atoms with Gasteiger partial charge in [0.25, 0.3) is 0 Å². The van der Waals surface area contributed by atoms with Crippen molar-refractivity contribution >= 4 is 34.1 Å². The van der Waals surface area contributed by atoms with Gasteiger partial charge in [0.2, 0.25) is 0 Å². The van der Waals surface area contributed by atoms with Crippen LogP contribution >= 0.6 is 23.2 Å². The molecule has 0 spiro atoms. The normalized spacial score (nSPS) is 10.9. The van der Waals surface area contributed by atoms with E-state index in [0.717, 1.165) is 22.2 Å². The lowest BCUT2D eigenvalue weighted by Crippen LogP contribution is -1.88. The van der Waals surface area contributed by atoms with E-state index in [1.165, 1.54) is 0 Å². The van der Waals surface area contributed by atoms with Gasteiger partial charge in [-0.1, -0.05) is 29.3 Å². The molecule has 1 nitrogen and oxygen atoms in total. The van der Waals surface area contributed by atoms with Gasteiger partial charge in [0.15, 0.2) is 0 Å². The molecule has 0 aliphatic rings. The van der Waals surface area contributed by atoms with Gasteiger partial charge in [0.1, 0.15) is 0 Å². The molecular formula is C11H9Cl2N. The number of fused-ring (bicyclic) bond motifs is 1. The highest BCUT2D eigenvalue weighted by Gasteiger charge is 2.07. The highest BCUT2D eigenvalue weighted by atomic mass is 35.5. The molecular weight excluding hydrogens is 217 g/mol. The van der Waals surface area contributed by atoms with Gasteiger partial charge in [-0.05, 0) is 31.5 Å². The predicted molar refractivity (Wildman–Crippen MR) is 61.2 cm³/mol. The Morgan fingerprint density at radius 2 is 1.79 bits per heavy atom. The molecule has 0 saturated carbocycles. The highest BCUT2D eigenvalue weighted by molar-refractivity contribution is 6.42. The fourth-order valence-electron chi connectivity index (χ4n) is 1.51. The summed E-state index contributed by atoms with van der Waals surface area (Å²) >= 11 is 12.2. The van der Waals surface area contributed by atoms with E-state index in [-0.39, 0.29) is 0 Å². The van der Waals surface area contributed by atoms with Crippen LogP contribution in [-0.4, -0.2) is 4.98 Å². The monoisotopic (exact) mass is 225 g/mol. The number of hydrogen-bond acceptors (Lipinski definition) is 1. The van der Waals surface area contributed by atoms with Gasteiger partial charge in [0, 0.05) is 11.1 Å². The lowest BCUT2D eigenvalue weighted by molar-refractivity contribution is 1.24. The average molecular weight is 226 g/mol. The first-order chi connectivity index (χ1) is 6.59. The molecule has 0 aliphatic heterocycles. The Kier molecular flexibility index (Phi) is 2.38. The van der Waals surface area contributed by atoms with Crippen LogP contribution in [0.4, 0.5) is 0 Å². The van der Waals surface area contributed by atoms with Gasteiger partial charge in [-0.25, -0.2) is 0 Å². The second-order valence-corrected chi connectivity index (χ2v) is 4.15. The molecule has 2 aromatic rings. The Morgan fingerprint density at radius 3 is 2.50 bits per heavy atom. The zero-order valence-electron chi connectivity index (χ0n) is 7.94. The molecule has 0 radical (unpaired) electrons. The number of pyridine rings is 1. The first-order valence-corrected chi connectivity index (χ1v) is 5.07. The third kappa shape index (κ3) is 1.47. The van der Waals surface area contributed by atoms with Crippen LogP contribution in [0.1, 0.15) is 11.3 Å². The van der Waals surface area contributed by atoms with Crippen LogP contribution in [0.15, 0.2) is 18.2 Å². The average Bonchev–Trinajstić information content (AvgIpc) is 2.10. The van der Waals surface area contributed by atoms with Gasteiger partial charge >= 0.3 is 0 Å². The number of aryl methyl sites for hydroxylation is 2. The number of nitrogens with zero attached hydrogens (tertiary/aromatic N) is 1. The third-order valence-electron chi connectivity index (χ3n) is 2.19. The van der Waals surface area contributed by atoms with E-state index in [2.05, 4.69) is 4.98 Å². The smallest absolute Gasteiger partial charge is 0.0764 e. The standard InChI is InChI=1S/C11H9Cl2N/c1-6-3-4-8(12)10-9(13)5-7(2)14-11(6)10/h3-5H,1-2H3. The van der Waals surface area contributed by atoms with E-state index < -0.39 is 0 Å². The summed E-state index contributed by atoms with van der Waals surface area (Å²) in [6.07, 6.45) is 0. The Balaban J connectivity index is 3.00. The lowest BCUT2D eigenvalue weighted by Gasteiger charge is -2.06. The molecule has 0 aliphatic carbocycles. The van der Waals surface area contributed by atoms with E-state index >= 15 is 0 Å². The van der Waals surface area contributed by atoms with Crippen LogP contribution in [0.25, 0.3) is 10.9 Å². The van der Waals surface area contributed by atoms with Crippen LogP contribution in [0.2, 0.25) is 10.0 Å². The fraction of sp³-hybridized carbons (Fsp3) is 0.182. The minimum absolute atomic E-state index is 0.656. The molecule has 3 heteroatoms. The molecule has 0 atom stereocenters. The molecule has 0 amide bonds. The minimum atomic E-state index is 0.656. The van der Waals surface area contributed by atoms with Gasteiger partial charge in [-0.3, -0.25) is 4.98 Å². The fourth-order valence-corrected chi connectivity index (χ4v) is 2.16. The maximum Gasteiger partial charge on any atom is 0.0764 e. The number of halogens is 2. The molecule has 0 bridgehead atoms. The molecule has 0 saturated heterocycles. The summed E-state index contributed by atoms with van der Waals surface area (Å²) in [6, 6.07) is 5.63. The number of rotatable bonds is 0. The Morgan fingerprint density at radius 1 is 1.07 bits per heavy atom. The molecule has 0 N–H and O–H groups in total. The second-order valence-electron chi connectivity index (χ2n) is 3.33. The molecule has 1 heterocycles. The maximum absolute atomic E-state index is 6.12. The second kappa shape index (κ2) is 3.41. The Bertz CT molecular complexity index is 506. The van der Waals surface area contributed by atoms with Gasteiger partial charge in [-0.15, -0.1) is 0 Å².